The Morgan fingerprint density at radius 2 is 1.03 bits per heavy atom. The van der Waals surface area contributed by atoms with Crippen LogP contribution in [0.4, 0.5) is 0 Å². The van der Waals surface area contributed by atoms with E-state index < -0.39 is 17.8 Å². The number of allylic oxidation sites excluding steroid dienone is 2. The quantitative estimate of drug-likeness (QED) is 0.585. The lowest BCUT2D eigenvalue weighted by molar-refractivity contribution is -0.143. The van der Waals surface area contributed by atoms with Crippen molar-refractivity contribution in [1.82, 2.24) is 0 Å². The first-order valence-electron chi connectivity index (χ1n) is 9.80. The molecule has 1 N–H and O–H groups in total. The van der Waals surface area contributed by atoms with Crippen molar-refractivity contribution in [2.75, 3.05) is 0 Å². The number of hydrogen-bond donors (Lipinski definition) is 1. The molecule has 3 heteroatoms. The van der Waals surface area contributed by atoms with E-state index in [1.165, 1.54) is 0 Å². The number of ketones is 1. The molecule has 0 aromatic heterocycles. The van der Waals surface area contributed by atoms with Crippen LogP contribution in [-0.2, 0) is 4.79 Å². The van der Waals surface area contributed by atoms with Gasteiger partial charge in [-0.1, -0.05) is 91.0 Å². The Morgan fingerprint density at radius 3 is 1.48 bits per heavy atom. The summed E-state index contributed by atoms with van der Waals surface area (Å²) in [6.07, 6.45) is 0.756. The van der Waals surface area contributed by atoms with Crippen LogP contribution in [0.25, 0.3) is 11.1 Å². The van der Waals surface area contributed by atoms with Crippen molar-refractivity contribution in [3.8, 4) is 0 Å². The van der Waals surface area contributed by atoms with E-state index in [1.54, 1.807) is 12.1 Å². The number of carboxylic acids is 1. The van der Waals surface area contributed by atoms with Crippen LogP contribution in [-0.4, -0.2) is 16.9 Å². The van der Waals surface area contributed by atoms with Crippen molar-refractivity contribution in [3.05, 3.63) is 108 Å². The summed E-state index contributed by atoms with van der Waals surface area (Å²) in [6, 6.07) is 28.9. The normalized spacial score (nSPS) is 19.0. The molecule has 2 atom stereocenters. The summed E-state index contributed by atoms with van der Waals surface area (Å²) in [5.74, 6) is -2.35. The molecular weight excluding hydrogens is 360 g/mol. The van der Waals surface area contributed by atoms with Gasteiger partial charge in [-0.05, 0) is 35.1 Å². The Hall–Kier alpha value is -3.46. The van der Waals surface area contributed by atoms with Gasteiger partial charge in [0.05, 0.1) is 5.92 Å². The van der Waals surface area contributed by atoms with Gasteiger partial charge < -0.3 is 5.11 Å². The van der Waals surface area contributed by atoms with E-state index in [1.807, 2.05) is 78.9 Å². The zero-order valence-electron chi connectivity index (χ0n) is 16.0. The fourth-order valence-corrected chi connectivity index (χ4v) is 4.18. The molecule has 3 aromatic rings. The first-order valence-corrected chi connectivity index (χ1v) is 9.80. The van der Waals surface area contributed by atoms with E-state index in [9.17, 15) is 14.7 Å². The molecule has 0 radical (unpaired) electrons. The Labute approximate surface area is 170 Å². The van der Waals surface area contributed by atoms with E-state index in [2.05, 4.69) is 0 Å². The molecule has 3 aromatic carbocycles. The standard InChI is InChI=1S/C26H22O3/c27-25(20-14-8-3-9-15-20)23-16-21(18-10-4-1-5-11-18)22(17-24(23)26(28)29)19-12-6-2-7-13-19/h1-15,23-24H,16-17H2,(H,28,29)/t23-,24-/m1/s1. The van der Waals surface area contributed by atoms with Gasteiger partial charge in [0.1, 0.15) is 0 Å². The first kappa shape index (κ1) is 18.9. The second-order valence-electron chi connectivity index (χ2n) is 7.38. The summed E-state index contributed by atoms with van der Waals surface area (Å²) in [6.45, 7) is 0. The maximum Gasteiger partial charge on any atom is 0.307 e. The highest BCUT2D eigenvalue weighted by Gasteiger charge is 2.39. The molecule has 0 bridgehead atoms. The van der Waals surface area contributed by atoms with E-state index in [4.69, 9.17) is 0 Å². The Balaban J connectivity index is 1.83. The Kier molecular flexibility index (Phi) is 5.39. The largest absolute Gasteiger partial charge is 0.481 e. The second kappa shape index (κ2) is 8.27. The monoisotopic (exact) mass is 382 g/mol. The van der Waals surface area contributed by atoms with Crippen LogP contribution in [0.1, 0.15) is 34.3 Å². The third kappa shape index (κ3) is 3.90. The lowest BCUT2D eigenvalue weighted by Gasteiger charge is -2.32. The fourth-order valence-electron chi connectivity index (χ4n) is 4.18. The Bertz CT molecular complexity index is 1040. The SMILES string of the molecule is O=C(O)[C@@H]1CC(c2ccccc2)=C(c2ccccc2)C[C@H]1C(=O)c1ccccc1. The lowest BCUT2D eigenvalue weighted by Crippen LogP contribution is -2.33. The average Bonchev–Trinajstić information content (AvgIpc) is 2.79. The van der Waals surface area contributed by atoms with E-state index in [-0.39, 0.29) is 5.78 Å². The van der Waals surface area contributed by atoms with Crippen LogP contribution in [0.5, 0.6) is 0 Å². The molecule has 0 saturated carbocycles. The lowest BCUT2D eigenvalue weighted by atomic mass is 9.70. The predicted octanol–water partition coefficient (Wildman–Crippen LogP) is 5.59. The van der Waals surface area contributed by atoms with Gasteiger partial charge in [-0.25, -0.2) is 0 Å². The number of aliphatic carboxylic acids is 1. The van der Waals surface area contributed by atoms with Crippen molar-refractivity contribution in [2.45, 2.75) is 12.8 Å². The highest BCUT2D eigenvalue weighted by Crippen LogP contribution is 2.44. The van der Waals surface area contributed by atoms with Gasteiger partial charge in [-0.2, -0.15) is 0 Å². The molecule has 0 fully saturated rings. The van der Waals surface area contributed by atoms with Crippen LogP contribution in [0, 0.1) is 11.8 Å². The maximum atomic E-state index is 13.2. The second-order valence-corrected chi connectivity index (χ2v) is 7.38. The van der Waals surface area contributed by atoms with Gasteiger partial charge in [0.2, 0.25) is 0 Å². The maximum absolute atomic E-state index is 13.2. The zero-order valence-corrected chi connectivity index (χ0v) is 16.0. The fraction of sp³-hybridized carbons (Fsp3) is 0.154. The van der Waals surface area contributed by atoms with Crippen LogP contribution < -0.4 is 0 Å². The van der Waals surface area contributed by atoms with Gasteiger partial charge in [0.25, 0.3) is 0 Å². The number of carboxylic acid groups (broad SMARTS) is 1. The minimum absolute atomic E-state index is 0.0986. The molecule has 29 heavy (non-hydrogen) atoms. The number of benzene rings is 3. The van der Waals surface area contributed by atoms with E-state index >= 15 is 0 Å². The molecule has 4 rings (SSSR count). The smallest absolute Gasteiger partial charge is 0.307 e. The number of Topliss-reactive ketones (excluding diaryl/α,β-unsaturated/α-hetero) is 1. The van der Waals surface area contributed by atoms with Gasteiger partial charge in [-0.15, -0.1) is 0 Å². The molecule has 144 valence electrons. The summed E-state index contributed by atoms with van der Waals surface area (Å²) in [5.41, 5.74) is 4.70. The van der Waals surface area contributed by atoms with Crippen LogP contribution in [0.3, 0.4) is 0 Å². The van der Waals surface area contributed by atoms with Crippen molar-refractivity contribution < 1.29 is 14.7 Å². The predicted molar refractivity (Wildman–Crippen MR) is 114 cm³/mol. The van der Waals surface area contributed by atoms with Crippen LogP contribution in [0.15, 0.2) is 91.0 Å². The molecule has 0 aliphatic heterocycles. The molecule has 1 aliphatic rings. The number of carbonyl (C=O) groups is 2. The average molecular weight is 382 g/mol. The van der Waals surface area contributed by atoms with Crippen molar-refractivity contribution in [2.24, 2.45) is 11.8 Å². The molecule has 1 aliphatic carbocycles. The van der Waals surface area contributed by atoms with E-state index in [0.29, 0.717) is 18.4 Å². The molecular formula is C26H22O3. The third-order valence-corrected chi connectivity index (χ3v) is 5.65. The molecule has 0 spiro atoms. The molecule has 0 heterocycles. The molecule has 3 nitrogen and oxygen atoms in total. The highest BCUT2D eigenvalue weighted by molar-refractivity contribution is 6.04. The number of hydrogen-bond acceptors (Lipinski definition) is 2. The van der Waals surface area contributed by atoms with Gasteiger partial charge in [0.15, 0.2) is 5.78 Å². The minimum atomic E-state index is -0.917. The minimum Gasteiger partial charge on any atom is -0.481 e. The number of carbonyl (C=O) groups excluding carboxylic acids is 1. The first-order chi connectivity index (χ1) is 14.1. The van der Waals surface area contributed by atoms with Crippen LogP contribution in [0.2, 0.25) is 0 Å². The summed E-state index contributed by atoms with van der Waals surface area (Å²) in [4.78, 5) is 25.4. The summed E-state index contributed by atoms with van der Waals surface area (Å²) < 4.78 is 0. The topological polar surface area (TPSA) is 54.4 Å². The summed E-state index contributed by atoms with van der Waals surface area (Å²) >= 11 is 0. The van der Waals surface area contributed by atoms with Crippen molar-refractivity contribution >= 4 is 22.9 Å². The van der Waals surface area contributed by atoms with Crippen LogP contribution >= 0.6 is 0 Å². The summed E-state index contributed by atoms with van der Waals surface area (Å²) in [5, 5.41) is 9.95. The van der Waals surface area contributed by atoms with Crippen molar-refractivity contribution in [1.29, 1.82) is 0 Å². The van der Waals surface area contributed by atoms with E-state index in [0.717, 1.165) is 22.3 Å². The van der Waals surface area contributed by atoms with Gasteiger partial charge in [-0.3, -0.25) is 9.59 Å². The Morgan fingerprint density at radius 1 is 0.621 bits per heavy atom. The highest BCUT2D eigenvalue weighted by atomic mass is 16.4. The molecule has 0 unspecified atom stereocenters. The zero-order chi connectivity index (χ0) is 20.2. The van der Waals surface area contributed by atoms with Gasteiger partial charge in [0, 0.05) is 11.5 Å². The number of rotatable bonds is 5. The van der Waals surface area contributed by atoms with Crippen molar-refractivity contribution in [3.63, 3.8) is 0 Å². The molecule has 0 amide bonds. The molecule has 0 saturated heterocycles. The third-order valence-electron chi connectivity index (χ3n) is 5.65. The van der Waals surface area contributed by atoms with Gasteiger partial charge >= 0.3 is 5.97 Å². The summed E-state index contributed by atoms with van der Waals surface area (Å²) in [7, 11) is 0.